The van der Waals surface area contributed by atoms with Crippen molar-refractivity contribution in [1.29, 1.82) is 0 Å². The summed E-state index contributed by atoms with van der Waals surface area (Å²) in [6, 6.07) is 10.1. The van der Waals surface area contributed by atoms with Crippen molar-refractivity contribution < 1.29 is 9.00 Å². The molecule has 0 aliphatic rings. The van der Waals surface area contributed by atoms with E-state index in [9.17, 15) is 9.00 Å². The van der Waals surface area contributed by atoms with Crippen molar-refractivity contribution in [2.45, 2.75) is 19.3 Å². The van der Waals surface area contributed by atoms with Gasteiger partial charge in [0.15, 0.2) is 5.78 Å². The Morgan fingerprint density at radius 1 is 1.25 bits per heavy atom. The SMILES string of the molecule is CS(C)(=O)=CC(=O)CCCc1ccccc1. The summed E-state index contributed by atoms with van der Waals surface area (Å²) in [4.78, 5) is 11.4. The molecule has 2 nitrogen and oxygen atoms in total. The number of carbonyl (C=O) groups excluding carboxylic acids is 1. The molecule has 0 amide bonds. The number of rotatable bonds is 5. The lowest BCUT2D eigenvalue weighted by molar-refractivity contribution is -0.112. The van der Waals surface area contributed by atoms with E-state index in [1.807, 2.05) is 18.2 Å². The van der Waals surface area contributed by atoms with E-state index in [0.717, 1.165) is 12.8 Å². The first kappa shape index (κ1) is 13.0. The van der Waals surface area contributed by atoms with Crippen LogP contribution in [0.4, 0.5) is 0 Å². The predicted octanol–water partition coefficient (Wildman–Crippen LogP) is 1.92. The summed E-state index contributed by atoms with van der Waals surface area (Å²) in [6.45, 7) is 0. The summed E-state index contributed by atoms with van der Waals surface area (Å²) in [6.07, 6.45) is 5.36. The van der Waals surface area contributed by atoms with E-state index in [4.69, 9.17) is 0 Å². The van der Waals surface area contributed by atoms with E-state index in [2.05, 4.69) is 12.1 Å². The van der Waals surface area contributed by atoms with Gasteiger partial charge in [0, 0.05) is 24.3 Å². The normalized spacial score (nSPS) is 11.1. The van der Waals surface area contributed by atoms with Crippen LogP contribution in [0.3, 0.4) is 0 Å². The maximum atomic E-state index is 11.4. The van der Waals surface area contributed by atoms with Crippen molar-refractivity contribution in [2.24, 2.45) is 0 Å². The van der Waals surface area contributed by atoms with Crippen LogP contribution in [-0.4, -0.2) is 27.9 Å². The maximum Gasteiger partial charge on any atom is 0.163 e. The van der Waals surface area contributed by atoms with Gasteiger partial charge in [-0.3, -0.25) is 9.00 Å². The molecule has 0 N–H and O–H groups in total. The van der Waals surface area contributed by atoms with Crippen molar-refractivity contribution in [2.75, 3.05) is 12.5 Å². The fraction of sp³-hybridized carbons (Fsp3) is 0.385. The van der Waals surface area contributed by atoms with Crippen LogP contribution in [-0.2, 0) is 20.7 Å². The van der Waals surface area contributed by atoms with Gasteiger partial charge in [-0.2, -0.15) is 0 Å². The van der Waals surface area contributed by atoms with E-state index in [1.165, 1.54) is 10.9 Å². The first-order valence-electron chi connectivity index (χ1n) is 5.33. The molecule has 0 aliphatic carbocycles. The molecule has 0 atom stereocenters. The number of ketones is 1. The molecule has 16 heavy (non-hydrogen) atoms. The quantitative estimate of drug-likeness (QED) is 0.734. The molecule has 1 aromatic carbocycles. The van der Waals surface area contributed by atoms with Crippen LogP contribution in [0.2, 0.25) is 0 Å². The van der Waals surface area contributed by atoms with Gasteiger partial charge < -0.3 is 0 Å². The van der Waals surface area contributed by atoms with Crippen LogP contribution in [0.25, 0.3) is 0 Å². The molecule has 0 aliphatic heterocycles. The van der Waals surface area contributed by atoms with Gasteiger partial charge in [-0.15, -0.1) is 0 Å². The highest BCUT2D eigenvalue weighted by Gasteiger charge is 2.01. The fourth-order valence-corrected chi connectivity index (χ4v) is 2.24. The van der Waals surface area contributed by atoms with Gasteiger partial charge in [-0.25, -0.2) is 0 Å². The van der Waals surface area contributed by atoms with Crippen LogP contribution in [0, 0.1) is 0 Å². The average molecular weight is 238 g/mol. The second kappa shape index (κ2) is 5.85. The second-order valence-corrected chi connectivity index (χ2v) is 7.09. The molecule has 0 spiro atoms. The van der Waals surface area contributed by atoms with Crippen molar-refractivity contribution >= 4 is 20.7 Å². The predicted molar refractivity (Wildman–Crippen MR) is 70.4 cm³/mol. The highest BCUT2D eigenvalue weighted by atomic mass is 32.2. The highest BCUT2D eigenvalue weighted by molar-refractivity contribution is 8.01. The zero-order valence-electron chi connectivity index (χ0n) is 9.81. The lowest BCUT2D eigenvalue weighted by Gasteiger charge is -1.99. The van der Waals surface area contributed by atoms with E-state index in [1.54, 1.807) is 12.5 Å². The molecule has 1 aromatic rings. The lowest BCUT2D eigenvalue weighted by Crippen LogP contribution is -2.08. The monoisotopic (exact) mass is 238 g/mol. The minimum atomic E-state index is -2.04. The van der Waals surface area contributed by atoms with Crippen LogP contribution in [0.1, 0.15) is 18.4 Å². The third-order valence-electron chi connectivity index (χ3n) is 2.15. The number of hydrogen-bond acceptors (Lipinski definition) is 2. The molecular formula is C13H18O2S. The molecule has 1 rings (SSSR count). The van der Waals surface area contributed by atoms with Crippen LogP contribution in [0.5, 0.6) is 0 Å². The van der Waals surface area contributed by atoms with Gasteiger partial charge in [-0.1, -0.05) is 30.3 Å². The molecule has 88 valence electrons. The minimum absolute atomic E-state index is 0.00840. The lowest BCUT2D eigenvalue weighted by atomic mass is 10.1. The maximum absolute atomic E-state index is 11.4. The summed E-state index contributed by atoms with van der Waals surface area (Å²) in [5, 5.41) is 1.36. The molecule has 0 unspecified atom stereocenters. The Balaban J connectivity index is 2.38. The molecule has 0 saturated heterocycles. The Hall–Kier alpha value is -1.09. The summed E-state index contributed by atoms with van der Waals surface area (Å²) < 4.78 is 11.4. The van der Waals surface area contributed by atoms with Crippen molar-refractivity contribution in [3.8, 4) is 0 Å². The van der Waals surface area contributed by atoms with Crippen LogP contribution >= 0.6 is 0 Å². The van der Waals surface area contributed by atoms with Crippen molar-refractivity contribution in [3.63, 3.8) is 0 Å². The molecule has 0 saturated carbocycles. The zero-order chi connectivity index (χ0) is 12.0. The third-order valence-corrected chi connectivity index (χ3v) is 2.98. The molecule has 3 heteroatoms. The standard InChI is InChI=1S/C13H18O2S/c1-16(2,15)11-13(14)10-6-9-12-7-4-3-5-8-12/h3-5,7-8,11H,6,9-10H2,1-2H3. The van der Waals surface area contributed by atoms with E-state index < -0.39 is 9.52 Å². The minimum Gasteiger partial charge on any atom is -0.294 e. The summed E-state index contributed by atoms with van der Waals surface area (Å²) in [7, 11) is -2.04. The van der Waals surface area contributed by atoms with Crippen molar-refractivity contribution in [1.82, 2.24) is 0 Å². The summed E-state index contributed by atoms with van der Waals surface area (Å²) in [5.41, 5.74) is 1.24. The van der Waals surface area contributed by atoms with Gasteiger partial charge >= 0.3 is 0 Å². The Morgan fingerprint density at radius 2 is 1.88 bits per heavy atom. The Bertz CT molecular complexity index is 446. The molecule has 0 heterocycles. The molecule has 0 fully saturated rings. The molecule has 0 bridgehead atoms. The van der Waals surface area contributed by atoms with Gasteiger partial charge in [0.1, 0.15) is 0 Å². The first-order chi connectivity index (χ1) is 7.47. The number of benzene rings is 1. The number of aryl methyl sites for hydroxylation is 1. The number of Topliss-reactive ketones (excluding diaryl/α,β-unsaturated/α-hetero) is 1. The summed E-state index contributed by atoms with van der Waals surface area (Å²) >= 11 is 0. The Labute approximate surface area is 97.7 Å². The molecule has 0 radical (unpaired) electrons. The van der Waals surface area contributed by atoms with Gasteiger partial charge in [0.05, 0.1) is 0 Å². The van der Waals surface area contributed by atoms with Gasteiger partial charge in [0.25, 0.3) is 0 Å². The fourth-order valence-electron chi connectivity index (χ4n) is 1.49. The van der Waals surface area contributed by atoms with Crippen molar-refractivity contribution in [3.05, 3.63) is 35.9 Å². The Morgan fingerprint density at radius 3 is 2.44 bits per heavy atom. The summed E-state index contributed by atoms with van der Waals surface area (Å²) in [5.74, 6) is -0.00840. The largest absolute Gasteiger partial charge is 0.294 e. The van der Waals surface area contributed by atoms with E-state index in [0.29, 0.717) is 6.42 Å². The first-order valence-corrected chi connectivity index (χ1v) is 7.77. The third kappa shape index (κ3) is 5.71. The number of hydrogen-bond donors (Lipinski definition) is 0. The zero-order valence-corrected chi connectivity index (χ0v) is 10.6. The highest BCUT2D eigenvalue weighted by Crippen LogP contribution is 2.04. The second-order valence-electron chi connectivity index (χ2n) is 4.23. The smallest absolute Gasteiger partial charge is 0.163 e. The topological polar surface area (TPSA) is 34.1 Å². The van der Waals surface area contributed by atoms with Crippen LogP contribution < -0.4 is 0 Å². The Kier molecular flexibility index (Phi) is 4.74. The van der Waals surface area contributed by atoms with E-state index in [-0.39, 0.29) is 5.78 Å². The van der Waals surface area contributed by atoms with Gasteiger partial charge in [-0.05, 0) is 27.9 Å². The van der Waals surface area contributed by atoms with Gasteiger partial charge in [0.2, 0.25) is 0 Å². The average Bonchev–Trinajstić information content (AvgIpc) is 2.16. The number of carbonyl (C=O) groups is 1. The van der Waals surface area contributed by atoms with E-state index >= 15 is 0 Å². The molecule has 0 aromatic heterocycles. The molecular weight excluding hydrogens is 220 g/mol. The van der Waals surface area contributed by atoms with Crippen LogP contribution in [0.15, 0.2) is 30.3 Å².